The number of thioether (sulfide) groups is 1. The number of carboxylic acids is 1. The molecule has 3 heterocycles. The van der Waals surface area contributed by atoms with Crippen molar-refractivity contribution in [3.63, 3.8) is 0 Å². The largest absolute Gasteiger partial charge is 0.487 e. The van der Waals surface area contributed by atoms with Crippen LogP contribution >= 0.6 is 23.4 Å². The minimum atomic E-state index is -0.889. The first kappa shape index (κ1) is 31.9. The minimum absolute atomic E-state index is 0.279. The Morgan fingerprint density at radius 2 is 1.73 bits per heavy atom. The summed E-state index contributed by atoms with van der Waals surface area (Å²) >= 11 is 8.26. The summed E-state index contributed by atoms with van der Waals surface area (Å²) in [5.41, 5.74) is 8.12. The van der Waals surface area contributed by atoms with Gasteiger partial charge in [0.15, 0.2) is 0 Å². The molecule has 6 aromatic rings. The van der Waals surface area contributed by atoms with Gasteiger partial charge in [-0.25, -0.2) is 0 Å². The van der Waals surface area contributed by atoms with Gasteiger partial charge in [0.05, 0.1) is 22.8 Å². The third-order valence-electron chi connectivity index (χ3n) is 8.82. The Morgan fingerprint density at radius 1 is 0.938 bits per heavy atom. The number of aliphatic carboxylic acids is 1. The molecule has 0 saturated carbocycles. The van der Waals surface area contributed by atoms with Crippen molar-refractivity contribution < 1.29 is 19.4 Å². The van der Waals surface area contributed by atoms with Gasteiger partial charge in [0.25, 0.3) is 0 Å². The molecule has 0 bridgehead atoms. The first-order chi connectivity index (χ1) is 23.4. The summed E-state index contributed by atoms with van der Waals surface area (Å²) in [4.78, 5) is 17.7. The van der Waals surface area contributed by atoms with E-state index >= 15 is 0 Å². The number of carbonyl (C=O) groups is 1. The van der Waals surface area contributed by atoms with Gasteiger partial charge in [-0.2, -0.15) is 0 Å². The number of ether oxygens (including phenoxy) is 2. The summed E-state index contributed by atoms with van der Waals surface area (Å²) in [5, 5.41) is 11.9. The van der Waals surface area contributed by atoms with Crippen molar-refractivity contribution in [2.45, 2.75) is 56.1 Å². The highest BCUT2D eigenvalue weighted by atomic mass is 35.5. The number of pyridine rings is 1. The highest BCUT2D eigenvalue weighted by Gasteiger charge is 2.29. The second-order valence-corrected chi connectivity index (χ2v) is 14.0. The van der Waals surface area contributed by atoms with Gasteiger partial charge in [-0.05, 0) is 60.9 Å². The van der Waals surface area contributed by atoms with Crippen LogP contribution in [0.2, 0.25) is 5.02 Å². The molecule has 0 aliphatic carbocycles. The smallest absolute Gasteiger partial charge is 0.310 e. The highest BCUT2D eigenvalue weighted by Crippen LogP contribution is 2.47. The van der Waals surface area contributed by atoms with Gasteiger partial charge in [0.1, 0.15) is 24.7 Å². The third-order valence-corrected chi connectivity index (χ3v) is 10.3. The van der Waals surface area contributed by atoms with Crippen molar-refractivity contribution in [2.24, 2.45) is 0 Å². The Bertz CT molecular complexity index is 2100. The SMILES string of the molecule is CC1Cc2c(OCc3ccc(-c4ccccc4)cn3)ccc3c2c(c(COc2ccccc2C(C)C(=O)O)n3Cc2cccc(Cl)c2)S1. The van der Waals surface area contributed by atoms with Crippen molar-refractivity contribution in [1.82, 2.24) is 9.55 Å². The van der Waals surface area contributed by atoms with Crippen LogP contribution in [0.15, 0.2) is 114 Å². The molecule has 0 amide bonds. The summed E-state index contributed by atoms with van der Waals surface area (Å²) in [7, 11) is 0. The van der Waals surface area contributed by atoms with E-state index < -0.39 is 11.9 Å². The number of rotatable bonds is 11. The van der Waals surface area contributed by atoms with Gasteiger partial charge in [-0.1, -0.05) is 85.3 Å². The molecule has 1 N–H and O–H groups in total. The quantitative estimate of drug-likeness (QED) is 0.148. The van der Waals surface area contributed by atoms with Crippen molar-refractivity contribution in [3.8, 4) is 22.6 Å². The zero-order chi connectivity index (χ0) is 33.2. The lowest BCUT2D eigenvalue weighted by Gasteiger charge is -2.22. The molecule has 0 fully saturated rings. The summed E-state index contributed by atoms with van der Waals surface area (Å²) < 4.78 is 15.3. The average molecular weight is 675 g/mol. The lowest BCUT2D eigenvalue weighted by atomic mass is 10.0. The maximum absolute atomic E-state index is 11.9. The molecular formula is C40H35ClN2O4S. The van der Waals surface area contributed by atoms with Crippen molar-refractivity contribution in [3.05, 3.63) is 142 Å². The third kappa shape index (κ3) is 6.53. The molecule has 2 aromatic heterocycles. The molecule has 242 valence electrons. The number of nitrogens with zero attached hydrogens (tertiary/aromatic N) is 2. The molecule has 0 saturated heterocycles. The van der Waals surface area contributed by atoms with Gasteiger partial charge >= 0.3 is 5.97 Å². The molecule has 48 heavy (non-hydrogen) atoms. The summed E-state index contributed by atoms with van der Waals surface area (Å²) in [5.74, 6) is -0.150. The Morgan fingerprint density at radius 3 is 2.50 bits per heavy atom. The van der Waals surface area contributed by atoms with Crippen LogP contribution in [0.1, 0.15) is 47.8 Å². The van der Waals surface area contributed by atoms with E-state index in [9.17, 15) is 9.90 Å². The number of benzene rings is 4. The monoisotopic (exact) mass is 674 g/mol. The summed E-state index contributed by atoms with van der Waals surface area (Å²) in [6, 6.07) is 33.9. The maximum Gasteiger partial charge on any atom is 0.310 e. The fraction of sp³-hybridized carbons (Fsp3) is 0.200. The number of para-hydroxylation sites is 1. The van der Waals surface area contributed by atoms with Crippen LogP contribution in [0, 0.1) is 0 Å². The predicted molar refractivity (Wildman–Crippen MR) is 192 cm³/mol. The topological polar surface area (TPSA) is 73.6 Å². The predicted octanol–water partition coefficient (Wildman–Crippen LogP) is 9.79. The van der Waals surface area contributed by atoms with Crippen molar-refractivity contribution in [2.75, 3.05) is 0 Å². The first-order valence-corrected chi connectivity index (χ1v) is 17.3. The van der Waals surface area contributed by atoms with Crippen LogP contribution in [-0.2, 0) is 31.0 Å². The number of aromatic nitrogens is 2. The molecule has 0 radical (unpaired) electrons. The fourth-order valence-corrected chi connectivity index (χ4v) is 7.87. The standard InChI is InChI=1S/C40H35ClN2O4S/c1-25-19-33-37(46-23-31-16-15-29(21-42-31)28-10-4-3-5-11-28)18-17-34-38(33)39(48-25)35(43(34)22-27-9-8-12-30(41)20-27)24-47-36-14-7-6-13-32(36)26(2)40(44)45/h3-18,20-21,25-26H,19,22-24H2,1-2H3,(H,44,45). The number of carboxylic acid groups (broad SMARTS) is 1. The Labute approximate surface area is 289 Å². The molecule has 2 atom stereocenters. The zero-order valence-corrected chi connectivity index (χ0v) is 28.3. The van der Waals surface area contributed by atoms with E-state index in [2.05, 4.69) is 47.9 Å². The van der Waals surface area contributed by atoms with Gasteiger partial charge < -0.3 is 19.1 Å². The Hall–Kier alpha value is -4.72. The van der Waals surface area contributed by atoms with Crippen LogP contribution in [-0.4, -0.2) is 25.9 Å². The van der Waals surface area contributed by atoms with E-state index in [1.165, 1.54) is 15.8 Å². The molecule has 8 heteroatoms. The molecule has 7 rings (SSSR count). The summed E-state index contributed by atoms with van der Waals surface area (Å²) in [6.07, 6.45) is 2.76. The van der Waals surface area contributed by atoms with Crippen molar-refractivity contribution in [1.29, 1.82) is 0 Å². The van der Waals surface area contributed by atoms with Crippen LogP contribution in [0.4, 0.5) is 0 Å². The van der Waals surface area contributed by atoms with Crippen molar-refractivity contribution >= 4 is 40.2 Å². The second kappa shape index (κ2) is 13.8. The molecular weight excluding hydrogens is 640 g/mol. The Kier molecular flexibility index (Phi) is 9.15. The molecule has 4 aromatic carbocycles. The van der Waals surface area contributed by atoms with E-state index in [0.29, 0.717) is 34.7 Å². The summed E-state index contributed by atoms with van der Waals surface area (Å²) in [6.45, 7) is 5.17. The number of halogens is 1. The van der Waals surface area contributed by atoms with Gasteiger partial charge in [-0.3, -0.25) is 9.78 Å². The van der Waals surface area contributed by atoms with Gasteiger partial charge in [0, 0.05) is 50.0 Å². The van der Waals surface area contributed by atoms with E-state index in [4.69, 9.17) is 26.1 Å². The maximum atomic E-state index is 11.9. The first-order valence-electron chi connectivity index (χ1n) is 16.0. The van der Waals surface area contributed by atoms with Crippen LogP contribution in [0.3, 0.4) is 0 Å². The molecule has 1 aliphatic rings. The van der Waals surface area contributed by atoms with E-state index in [1.807, 2.05) is 84.7 Å². The van der Waals surface area contributed by atoms with E-state index in [-0.39, 0.29) is 6.61 Å². The molecule has 1 aliphatic heterocycles. The molecule has 0 spiro atoms. The minimum Gasteiger partial charge on any atom is -0.487 e. The van der Waals surface area contributed by atoms with Crippen LogP contribution in [0.5, 0.6) is 11.5 Å². The van der Waals surface area contributed by atoms with E-state index in [0.717, 1.165) is 45.8 Å². The van der Waals surface area contributed by atoms with Crippen LogP contribution in [0.25, 0.3) is 22.0 Å². The highest BCUT2D eigenvalue weighted by molar-refractivity contribution is 8.00. The average Bonchev–Trinajstić information content (AvgIpc) is 3.39. The lowest BCUT2D eigenvalue weighted by molar-refractivity contribution is -0.138. The second-order valence-electron chi connectivity index (χ2n) is 12.1. The molecule has 2 unspecified atom stereocenters. The lowest BCUT2D eigenvalue weighted by Crippen LogP contribution is -2.12. The number of hydrogen-bond acceptors (Lipinski definition) is 5. The fourth-order valence-electron chi connectivity index (χ4n) is 6.36. The normalized spacial score (nSPS) is 14.5. The van der Waals surface area contributed by atoms with Gasteiger partial charge in [-0.15, -0.1) is 11.8 Å². The van der Waals surface area contributed by atoms with E-state index in [1.54, 1.807) is 6.92 Å². The zero-order valence-electron chi connectivity index (χ0n) is 26.7. The number of hydrogen-bond donors (Lipinski definition) is 1. The molecule has 6 nitrogen and oxygen atoms in total. The Balaban J connectivity index is 1.25. The van der Waals surface area contributed by atoms with Gasteiger partial charge in [0.2, 0.25) is 0 Å². The van der Waals surface area contributed by atoms with Crippen LogP contribution < -0.4 is 9.47 Å².